The number of anilines is 1. The lowest BCUT2D eigenvalue weighted by Gasteiger charge is -2.49. The third-order valence-electron chi connectivity index (χ3n) is 13.0. The molecule has 21 heteroatoms. The lowest BCUT2D eigenvalue weighted by molar-refractivity contribution is -0.137. The zero-order chi connectivity index (χ0) is 47.3. The fourth-order valence-corrected chi connectivity index (χ4v) is 10.3. The molecule has 0 aliphatic carbocycles. The molecule has 5 heterocycles. The first kappa shape index (κ1) is 45.0. The first-order valence-corrected chi connectivity index (χ1v) is 21.5. The van der Waals surface area contributed by atoms with Crippen molar-refractivity contribution in [2.75, 3.05) is 31.6 Å². The highest BCUT2D eigenvalue weighted by Gasteiger charge is 2.55. The molecular weight excluding hydrogens is 875 g/mol. The molecule has 3 aromatic carbocycles. The molecule has 0 saturated heterocycles. The maximum atomic E-state index is 17.1. The Morgan fingerprint density at radius 2 is 1.50 bits per heavy atom. The number of hydrogen-bond donors (Lipinski definition) is 8. The van der Waals surface area contributed by atoms with Crippen molar-refractivity contribution in [1.29, 1.82) is 0 Å². The van der Waals surface area contributed by atoms with E-state index < -0.39 is 131 Å². The molecule has 0 unspecified atom stereocenters. The first-order chi connectivity index (χ1) is 29.5. The minimum atomic E-state index is -5.93. The van der Waals surface area contributed by atoms with Gasteiger partial charge in [0.15, 0.2) is 34.8 Å². The molecule has 0 bridgehead atoms. The van der Waals surface area contributed by atoms with Gasteiger partial charge in [0.1, 0.15) is 23.8 Å². The number of aliphatic carboxylic acids is 1. The number of nitrogens with zero attached hydrogens (tertiary/aromatic N) is 3. The zero-order valence-electron chi connectivity index (χ0n) is 35.2. The Morgan fingerprint density at radius 1 is 0.875 bits per heavy atom. The number of carbonyl (C=O) groups is 2. The highest BCUT2D eigenvalue weighted by molar-refractivity contribution is 7.87. The van der Waals surface area contributed by atoms with Gasteiger partial charge in [-0.3, -0.25) is 14.1 Å². The molecule has 3 aromatic rings. The summed E-state index contributed by atoms with van der Waals surface area (Å²) in [5.74, 6) is -16.7. The van der Waals surface area contributed by atoms with Gasteiger partial charge in [0.2, 0.25) is 10.9 Å². The van der Waals surface area contributed by atoms with Crippen molar-refractivity contribution in [1.82, 2.24) is 9.48 Å². The fourth-order valence-electron chi connectivity index (χ4n) is 9.86. The second kappa shape index (κ2) is 14.2. The van der Waals surface area contributed by atoms with Crippen molar-refractivity contribution in [3.05, 3.63) is 96.4 Å². The van der Waals surface area contributed by atoms with Gasteiger partial charge in [-0.1, -0.05) is 0 Å². The summed E-state index contributed by atoms with van der Waals surface area (Å²) in [6, 6.07) is 2.13. The Labute approximate surface area is 361 Å². The average molecular weight is 919 g/mol. The van der Waals surface area contributed by atoms with Crippen LogP contribution in [0.4, 0.5) is 23.2 Å². The smallest absolute Gasteiger partial charge is 0.326 e. The van der Waals surface area contributed by atoms with Crippen LogP contribution in [-0.2, 0) is 27.8 Å². The number of aliphatic hydroxyl groups is 6. The molecule has 5 aliphatic rings. The predicted octanol–water partition coefficient (Wildman–Crippen LogP) is 2.68. The predicted molar refractivity (Wildman–Crippen MR) is 218 cm³/mol. The quantitative estimate of drug-likeness (QED) is 0.0317. The van der Waals surface area contributed by atoms with E-state index in [2.05, 4.69) is 0 Å². The standard InChI is InChI=1S/C43H43F4N3O13S/c1-40(2)37(53)27(42(5,56)57)21-15-19-24(25-26(30(45)32(47)31(46)29(25)44)39(55)48(6)14-11-23(51)52)20-16-22-28(43(58,59)64(60,61)62)38(54)41(3,4)50-13-8-10-18(34(22)50)36(20)63-35(19)17-9-7-12-49(40)33(17)21/h15-16,56-59H,7-14H2,1-6H3,(H3-,51,52,53,54,55,60,61,62)/p+1. The molecule has 1 amide bonds. The molecule has 0 aromatic heterocycles. The van der Waals surface area contributed by atoms with E-state index in [1.165, 1.54) is 19.9 Å². The summed E-state index contributed by atoms with van der Waals surface area (Å²) in [7, 11) is -4.94. The summed E-state index contributed by atoms with van der Waals surface area (Å²) in [5, 5.41) is 73.5. The van der Waals surface area contributed by atoms with E-state index in [9.17, 15) is 58.3 Å². The van der Waals surface area contributed by atoms with Gasteiger partial charge in [0.05, 0.1) is 45.5 Å². The summed E-state index contributed by atoms with van der Waals surface area (Å²) >= 11 is 0. The minimum Gasteiger partial charge on any atom is -0.509 e. The Morgan fingerprint density at radius 3 is 2.11 bits per heavy atom. The van der Waals surface area contributed by atoms with Crippen LogP contribution >= 0.6 is 0 Å². The number of carbonyl (C=O) groups excluding carboxylic acids is 1. The number of carboxylic acids is 1. The molecule has 342 valence electrons. The Hall–Kier alpha value is -5.58. The van der Waals surface area contributed by atoms with Gasteiger partial charge in [-0.2, -0.15) is 8.42 Å². The highest BCUT2D eigenvalue weighted by atomic mass is 32.2. The van der Waals surface area contributed by atoms with Crippen LogP contribution in [0.15, 0.2) is 23.7 Å². The van der Waals surface area contributed by atoms with Crippen LogP contribution in [0.1, 0.15) is 97.6 Å². The van der Waals surface area contributed by atoms with Gasteiger partial charge in [-0.15, -0.1) is 0 Å². The molecule has 64 heavy (non-hydrogen) atoms. The molecule has 0 radical (unpaired) electrons. The van der Waals surface area contributed by atoms with E-state index in [-0.39, 0.29) is 59.3 Å². The maximum absolute atomic E-state index is 17.1. The van der Waals surface area contributed by atoms with Crippen LogP contribution in [0.3, 0.4) is 0 Å². The van der Waals surface area contributed by atoms with Crippen molar-refractivity contribution < 1.29 is 80.6 Å². The van der Waals surface area contributed by atoms with E-state index in [0.29, 0.717) is 28.8 Å². The number of aliphatic hydroxyl groups excluding tert-OH is 2. The van der Waals surface area contributed by atoms with Gasteiger partial charge in [0.25, 0.3) is 5.91 Å². The molecular formula is C43H44F4N3O13S+. The van der Waals surface area contributed by atoms with E-state index in [0.717, 1.165) is 20.0 Å². The van der Waals surface area contributed by atoms with Gasteiger partial charge in [-0.05, 0) is 52.2 Å². The Bertz CT molecular complexity index is 3010. The zero-order valence-corrected chi connectivity index (χ0v) is 36.0. The maximum Gasteiger partial charge on any atom is 0.326 e. The highest BCUT2D eigenvalue weighted by Crippen LogP contribution is 2.56. The monoisotopic (exact) mass is 918 g/mol. The summed E-state index contributed by atoms with van der Waals surface area (Å²) in [6.45, 7) is 6.90. The third-order valence-corrected chi connectivity index (χ3v) is 13.9. The van der Waals surface area contributed by atoms with E-state index in [1.54, 1.807) is 23.3 Å². The number of hydrogen-bond acceptors (Lipinski definition) is 12. The third kappa shape index (κ3) is 6.11. The lowest BCUT2D eigenvalue weighted by Crippen LogP contribution is -2.57. The number of rotatable bonds is 8. The number of amides is 1. The van der Waals surface area contributed by atoms with E-state index in [1.807, 2.05) is 0 Å². The van der Waals surface area contributed by atoms with Crippen LogP contribution in [0.25, 0.3) is 16.7 Å². The molecule has 8 N–H and O–H groups in total. The molecule has 5 aliphatic heterocycles. The van der Waals surface area contributed by atoms with Crippen LogP contribution in [0.5, 0.6) is 11.5 Å². The normalized spacial score (nSPS) is 18.6. The van der Waals surface area contributed by atoms with Crippen LogP contribution < -0.4 is 24.8 Å². The topological polar surface area (TPSA) is 249 Å². The van der Waals surface area contributed by atoms with Crippen LogP contribution in [-0.4, -0.2) is 114 Å². The lowest BCUT2D eigenvalue weighted by atomic mass is 9.77. The SMILES string of the molecule is CN(CCC(=O)O)C(=O)c1c(F)c(F)c(F)c(F)c1C1=c2cc3c4c(c2Oc2c1cc1c5c2CCCN5C(C)(C)C(O)=C1C(O)(O)S(=O)(=O)O)CCC[N+]=4C(C)(C)C(O)=C3C(C)(O)O. The summed E-state index contributed by atoms with van der Waals surface area (Å²) in [4.78, 5) is 28.0. The minimum absolute atomic E-state index is 0.0381. The average Bonchev–Trinajstić information content (AvgIpc) is 3.20. The summed E-state index contributed by atoms with van der Waals surface area (Å²) in [6.07, 6.45) is 0.136. The molecule has 0 fully saturated rings. The Kier molecular flexibility index (Phi) is 9.99. The van der Waals surface area contributed by atoms with Crippen molar-refractivity contribution in [3.8, 4) is 11.5 Å². The van der Waals surface area contributed by atoms with Crippen molar-refractivity contribution in [3.63, 3.8) is 0 Å². The van der Waals surface area contributed by atoms with E-state index >= 15 is 17.6 Å². The summed E-state index contributed by atoms with van der Waals surface area (Å²) < 4.78 is 109. The molecule has 0 atom stereocenters. The van der Waals surface area contributed by atoms with E-state index in [4.69, 9.17) is 4.74 Å². The number of benzene rings is 3. The number of fused-ring (bicyclic) bond motifs is 4. The second-order valence-electron chi connectivity index (χ2n) is 17.8. The van der Waals surface area contributed by atoms with Crippen molar-refractivity contribution in [2.45, 2.75) is 88.7 Å². The molecule has 8 rings (SSSR count). The summed E-state index contributed by atoms with van der Waals surface area (Å²) in [5.41, 5.74) is -8.48. The molecule has 0 saturated carbocycles. The van der Waals surface area contributed by atoms with Gasteiger partial charge < -0.3 is 50.3 Å². The number of carboxylic acid groups (broad SMARTS) is 1. The van der Waals surface area contributed by atoms with Gasteiger partial charge >= 0.3 is 21.2 Å². The number of halogens is 4. The number of ether oxygens (including phenoxy) is 1. The van der Waals surface area contributed by atoms with Crippen LogP contribution in [0.2, 0.25) is 0 Å². The second-order valence-corrected chi connectivity index (χ2v) is 19.3. The fraction of sp³-hybridized carbons (Fsp3) is 0.419. The van der Waals surface area contributed by atoms with Gasteiger partial charge in [-0.25, -0.2) is 22.1 Å². The van der Waals surface area contributed by atoms with Crippen LogP contribution in [0, 0.1) is 23.3 Å². The first-order valence-electron chi connectivity index (χ1n) is 20.1. The molecule has 16 nitrogen and oxygen atoms in total. The van der Waals surface area contributed by atoms with Gasteiger partial charge in [0, 0.05) is 73.5 Å². The largest absolute Gasteiger partial charge is 0.509 e. The molecule has 0 spiro atoms. The van der Waals surface area contributed by atoms with Crippen molar-refractivity contribution in [2.24, 2.45) is 0 Å². The van der Waals surface area contributed by atoms with Crippen molar-refractivity contribution >= 4 is 44.4 Å². The Balaban J connectivity index is 1.65.